The monoisotopic (exact) mass is 290 g/mol. The van der Waals surface area contributed by atoms with Crippen LogP contribution in [0.4, 0.5) is 0 Å². The fourth-order valence-electron chi connectivity index (χ4n) is 1.30. The summed E-state index contributed by atoms with van der Waals surface area (Å²) in [5.41, 5.74) is 0. The molecule has 0 saturated heterocycles. The van der Waals surface area contributed by atoms with E-state index in [9.17, 15) is 13.2 Å². The fourth-order valence-corrected chi connectivity index (χ4v) is 3.81. The van der Waals surface area contributed by atoms with E-state index in [2.05, 4.69) is 10.0 Å². The van der Waals surface area contributed by atoms with Crippen molar-refractivity contribution in [2.24, 2.45) is 0 Å². The van der Waals surface area contributed by atoms with Crippen LogP contribution in [0.5, 0.6) is 0 Å². The first-order chi connectivity index (χ1) is 8.36. The summed E-state index contributed by atoms with van der Waals surface area (Å²) >= 11 is 1.18. The van der Waals surface area contributed by atoms with Gasteiger partial charge in [-0.2, -0.15) is 4.72 Å². The molecule has 0 aliphatic carbocycles. The lowest BCUT2D eigenvalue weighted by molar-refractivity contribution is -0.122. The molecule has 18 heavy (non-hydrogen) atoms. The maximum absolute atomic E-state index is 12.0. The molecule has 0 aromatic carbocycles. The minimum Gasteiger partial charge on any atom is -0.355 e. The van der Waals surface area contributed by atoms with Gasteiger partial charge in [0, 0.05) is 11.4 Å². The molecule has 0 radical (unpaired) electrons. The zero-order chi connectivity index (χ0) is 13.8. The van der Waals surface area contributed by atoms with Crippen molar-refractivity contribution in [3.63, 3.8) is 0 Å². The molecule has 0 aliphatic rings. The Balaban J connectivity index is 2.69. The van der Waals surface area contributed by atoms with Gasteiger partial charge in [0.15, 0.2) is 0 Å². The van der Waals surface area contributed by atoms with Gasteiger partial charge < -0.3 is 5.32 Å². The third kappa shape index (κ3) is 4.08. The third-order valence-corrected chi connectivity index (χ3v) is 5.29. The van der Waals surface area contributed by atoms with Crippen LogP contribution in [0.3, 0.4) is 0 Å². The van der Waals surface area contributed by atoms with Crippen molar-refractivity contribution >= 4 is 27.3 Å². The van der Waals surface area contributed by atoms with Gasteiger partial charge in [-0.05, 0) is 32.4 Å². The van der Waals surface area contributed by atoms with Crippen molar-refractivity contribution in [2.75, 3.05) is 6.54 Å². The van der Waals surface area contributed by atoms with Crippen molar-refractivity contribution < 1.29 is 13.2 Å². The standard InChI is InChI=1S/C11H18N2O3S2/c1-4-7-12-11(14)9(3)13-18(15,16)10-6-5-8(2)17-10/h5-6,9,13H,4,7H2,1-3H3,(H,12,14). The molecule has 102 valence electrons. The Hall–Kier alpha value is -0.920. The number of rotatable bonds is 6. The van der Waals surface area contributed by atoms with Crippen molar-refractivity contribution in [1.82, 2.24) is 10.0 Å². The lowest BCUT2D eigenvalue weighted by Crippen LogP contribution is -2.44. The summed E-state index contributed by atoms with van der Waals surface area (Å²) in [5.74, 6) is -0.311. The van der Waals surface area contributed by atoms with E-state index in [1.807, 2.05) is 13.8 Å². The number of aryl methyl sites for hydroxylation is 1. The number of thiophene rings is 1. The Morgan fingerprint density at radius 2 is 2.11 bits per heavy atom. The summed E-state index contributed by atoms with van der Waals surface area (Å²) in [4.78, 5) is 12.5. The summed E-state index contributed by atoms with van der Waals surface area (Å²) in [5, 5.41) is 2.65. The van der Waals surface area contributed by atoms with Crippen molar-refractivity contribution in [3.05, 3.63) is 17.0 Å². The maximum Gasteiger partial charge on any atom is 0.250 e. The van der Waals surface area contributed by atoms with E-state index in [1.54, 1.807) is 12.1 Å². The number of carbonyl (C=O) groups is 1. The molecule has 0 spiro atoms. The Labute approximate surface area is 112 Å². The molecular formula is C11H18N2O3S2. The molecule has 1 aromatic rings. The Morgan fingerprint density at radius 1 is 1.44 bits per heavy atom. The van der Waals surface area contributed by atoms with E-state index in [0.717, 1.165) is 11.3 Å². The van der Waals surface area contributed by atoms with Gasteiger partial charge in [0.25, 0.3) is 10.0 Å². The first-order valence-electron chi connectivity index (χ1n) is 5.73. The zero-order valence-corrected chi connectivity index (χ0v) is 12.3. The van der Waals surface area contributed by atoms with Crippen LogP contribution in [0.15, 0.2) is 16.3 Å². The molecule has 1 rings (SSSR count). The average Bonchev–Trinajstić information content (AvgIpc) is 2.72. The highest BCUT2D eigenvalue weighted by atomic mass is 32.2. The van der Waals surface area contributed by atoms with Crippen molar-refractivity contribution in [2.45, 2.75) is 37.4 Å². The van der Waals surface area contributed by atoms with Crippen LogP contribution >= 0.6 is 11.3 Å². The van der Waals surface area contributed by atoms with Gasteiger partial charge >= 0.3 is 0 Å². The van der Waals surface area contributed by atoms with E-state index in [4.69, 9.17) is 0 Å². The molecule has 7 heteroatoms. The van der Waals surface area contributed by atoms with Crippen LogP contribution in [0, 0.1) is 6.92 Å². The van der Waals surface area contributed by atoms with Crippen LogP contribution in [0.1, 0.15) is 25.1 Å². The van der Waals surface area contributed by atoms with Crippen molar-refractivity contribution in [3.8, 4) is 0 Å². The summed E-state index contributed by atoms with van der Waals surface area (Å²) in [7, 11) is -3.60. The predicted molar refractivity (Wildman–Crippen MR) is 72.1 cm³/mol. The van der Waals surface area contributed by atoms with E-state index in [0.29, 0.717) is 6.54 Å². The van der Waals surface area contributed by atoms with E-state index in [-0.39, 0.29) is 10.1 Å². The van der Waals surface area contributed by atoms with Crippen LogP contribution in [-0.2, 0) is 14.8 Å². The molecule has 1 heterocycles. The molecular weight excluding hydrogens is 272 g/mol. The van der Waals surface area contributed by atoms with Crippen LogP contribution < -0.4 is 10.0 Å². The van der Waals surface area contributed by atoms with E-state index >= 15 is 0 Å². The highest BCUT2D eigenvalue weighted by Crippen LogP contribution is 2.20. The van der Waals surface area contributed by atoms with Crippen molar-refractivity contribution in [1.29, 1.82) is 0 Å². The van der Waals surface area contributed by atoms with E-state index in [1.165, 1.54) is 18.3 Å². The molecule has 1 amide bonds. The minimum atomic E-state index is -3.60. The highest BCUT2D eigenvalue weighted by molar-refractivity contribution is 7.91. The number of nitrogens with one attached hydrogen (secondary N) is 2. The normalized spacial score (nSPS) is 13.3. The Kier molecular flexibility index (Phi) is 5.30. The molecule has 0 saturated carbocycles. The largest absolute Gasteiger partial charge is 0.355 e. The molecule has 1 atom stereocenters. The second-order valence-corrected chi connectivity index (χ2v) is 7.23. The number of sulfonamides is 1. The molecule has 1 aromatic heterocycles. The van der Waals surface area contributed by atoms with Gasteiger partial charge in [0.1, 0.15) is 4.21 Å². The van der Waals surface area contributed by atoms with Crippen LogP contribution in [-0.4, -0.2) is 26.9 Å². The molecule has 0 aliphatic heterocycles. The lowest BCUT2D eigenvalue weighted by atomic mass is 10.3. The van der Waals surface area contributed by atoms with Gasteiger partial charge in [-0.3, -0.25) is 4.79 Å². The van der Waals surface area contributed by atoms with Gasteiger partial charge in [-0.1, -0.05) is 6.92 Å². The zero-order valence-electron chi connectivity index (χ0n) is 10.7. The predicted octanol–water partition coefficient (Wildman–Crippen LogP) is 1.25. The number of amides is 1. The molecule has 0 fully saturated rings. The summed E-state index contributed by atoms with van der Waals surface area (Å²) in [6.45, 7) is 5.84. The third-order valence-electron chi connectivity index (χ3n) is 2.26. The second-order valence-electron chi connectivity index (χ2n) is 4.00. The van der Waals surface area contributed by atoms with Gasteiger partial charge in [-0.25, -0.2) is 8.42 Å². The van der Waals surface area contributed by atoms with Gasteiger partial charge in [0.05, 0.1) is 6.04 Å². The smallest absolute Gasteiger partial charge is 0.250 e. The topological polar surface area (TPSA) is 75.3 Å². The summed E-state index contributed by atoms with van der Waals surface area (Å²) < 4.78 is 26.5. The van der Waals surface area contributed by atoms with E-state index < -0.39 is 16.1 Å². The molecule has 0 bridgehead atoms. The molecule has 2 N–H and O–H groups in total. The number of carbonyl (C=O) groups excluding carboxylic acids is 1. The Bertz CT molecular complexity index is 508. The molecule has 5 nitrogen and oxygen atoms in total. The fraction of sp³-hybridized carbons (Fsp3) is 0.545. The van der Waals surface area contributed by atoms with Gasteiger partial charge in [0.2, 0.25) is 5.91 Å². The van der Waals surface area contributed by atoms with Crippen LogP contribution in [0.25, 0.3) is 0 Å². The SMILES string of the molecule is CCCNC(=O)C(C)NS(=O)(=O)c1ccc(C)s1. The summed E-state index contributed by atoms with van der Waals surface area (Å²) in [6.07, 6.45) is 0.815. The second kappa shape index (κ2) is 6.31. The van der Waals surface area contributed by atoms with Gasteiger partial charge in [-0.15, -0.1) is 11.3 Å². The maximum atomic E-state index is 12.0. The summed E-state index contributed by atoms with van der Waals surface area (Å²) in [6, 6.07) is 2.50. The minimum absolute atomic E-state index is 0.232. The lowest BCUT2D eigenvalue weighted by Gasteiger charge is -2.13. The quantitative estimate of drug-likeness (QED) is 0.828. The Morgan fingerprint density at radius 3 is 2.61 bits per heavy atom. The molecule has 1 unspecified atom stereocenters. The van der Waals surface area contributed by atoms with Crippen LogP contribution in [0.2, 0.25) is 0 Å². The first kappa shape index (κ1) is 15.1. The first-order valence-corrected chi connectivity index (χ1v) is 8.03. The number of hydrogen-bond donors (Lipinski definition) is 2. The highest BCUT2D eigenvalue weighted by Gasteiger charge is 2.22. The average molecular weight is 290 g/mol. The number of hydrogen-bond acceptors (Lipinski definition) is 4.